The summed E-state index contributed by atoms with van der Waals surface area (Å²) in [5.41, 5.74) is 5.55. The van der Waals surface area contributed by atoms with E-state index in [0.717, 1.165) is 56.0 Å². The van der Waals surface area contributed by atoms with Crippen molar-refractivity contribution < 1.29 is 42.8 Å². The van der Waals surface area contributed by atoms with E-state index in [-0.39, 0.29) is 18.3 Å². The van der Waals surface area contributed by atoms with Gasteiger partial charge in [0.2, 0.25) is 0 Å². The summed E-state index contributed by atoms with van der Waals surface area (Å²) in [6.07, 6.45) is 1.33. The number of alkyl carbamates (subject to hydrolysis) is 2. The lowest BCUT2D eigenvalue weighted by molar-refractivity contribution is 0.0299. The number of anilines is 3. The van der Waals surface area contributed by atoms with Crippen LogP contribution in [0.4, 0.5) is 31.4 Å². The predicted molar refractivity (Wildman–Crippen MR) is 268 cm³/mol. The quantitative estimate of drug-likeness (QED) is 0.0692. The Kier molecular flexibility index (Phi) is 27.5. The van der Waals surface area contributed by atoms with Crippen molar-refractivity contribution in [2.24, 2.45) is 0 Å². The number of hydrogen-bond acceptors (Lipinski definition) is 12. The molecule has 0 saturated heterocycles. The molecule has 3 amide bonds. The van der Waals surface area contributed by atoms with E-state index in [1.165, 1.54) is 16.7 Å². The van der Waals surface area contributed by atoms with Gasteiger partial charge in [0, 0.05) is 98.8 Å². The van der Waals surface area contributed by atoms with Crippen LogP contribution in [0.25, 0.3) is 0 Å². The van der Waals surface area contributed by atoms with Gasteiger partial charge in [0.25, 0.3) is 0 Å². The molecule has 3 aromatic rings. The fourth-order valence-corrected chi connectivity index (χ4v) is 5.61. The molecule has 15 nitrogen and oxygen atoms in total. The van der Waals surface area contributed by atoms with Crippen LogP contribution in [0.15, 0.2) is 72.8 Å². The van der Waals surface area contributed by atoms with Crippen LogP contribution in [-0.2, 0) is 47.7 Å². The zero-order valence-corrected chi connectivity index (χ0v) is 42.9. The first-order valence-corrected chi connectivity index (χ1v) is 22.7. The maximum absolute atomic E-state index is 11.9. The SMILES string of the molecule is COCCN(C)c1ccc(CCN(C)C(=O)OC(C)(C)C)cc1.COCCN(C)c1ccc(CCNC(=O)OC(C)(C)C)cc1.COCCNc1ccc(CCNC(=O)OC(C)(C)C)cc1. The van der Waals surface area contributed by atoms with Gasteiger partial charge in [0.05, 0.1) is 19.8 Å². The smallest absolute Gasteiger partial charge is 0.410 e. The predicted octanol–water partition coefficient (Wildman–Crippen LogP) is 8.83. The van der Waals surface area contributed by atoms with Crippen LogP contribution in [0.5, 0.6) is 0 Å². The molecule has 3 aromatic carbocycles. The molecule has 0 aliphatic carbocycles. The number of nitrogens with one attached hydrogen (secondary N) is 3. The van der Waals surface area contributed by atoms with Gasteiger partial charge < -0.3 is 59.1 Å². The van der Waals surface area contributed by atoms with E-state index in [1.54, 1.807) is 33.3 Å². The van der Waals surface area contributed by atoms with Crippen LogP contribution < -0.4 is 25.8 Å². The number of methoxy groups -OCH3 is 3. The molecule has 0 saturated carbocycles. The zero-order valence-electron chi connectivity index (χ0n) is 42.9. The molecule has 0 spiro atoms. The maximum Gasteiger partial charge on any atom is 0.410 e. The number of rotatable bonds is 21. The van der Waals surface area contributed by atoms with Gasteiger partial charge in [-0.15, -0.1) is 0 Å². The van der Waals surface area contributed by atoms with E-state index < -0.39 is 16.8 Å². The van der Waals surface area contributed by atoms with Crippen molar-refractivity contribution in [3.8, 4) is 0 Å². The summed E-state index contributed by atoms with van der Waals surface area (Å²) in [6, 6.07) is 24.9. The van der Waals surface area contributed by atoms with Gasteiger partial charge in [0.1, 0.15) is 16.8 Å². The highest BCUT2D eigenvalue weighted by Crippen LogP contribution is 2.17. The van der Waals surface area contributed by atoms with Gasteiger partial charge >= 0.3 is 18.3 Å². The van der Waals surface area contributed by atoms with E-state index in [2.05, 4.69) is 74.3 Å². The summed E-state index contributed by atoms with van der Waals surface area (Å²) in [5.74, 6) is 0. The number of likely N-dealkylation sites (N-methyl/N-ethyl adjacent to an activating group) is 3. The number of nitrogens with zero attached hydrogens (tertiary/aromatic N) is 3. The van der Waals surface area contributed by atoms with Crippen molar-refractivity contribution >= 4 is 35.3 Å². The molecular formula is C51H84N6O9. The lowest BCUT2D eigenvalue weighted by atomic mass is 10.1. The minimum absolute atomic E-state index is 0.284. The Morgan fingerprint density at radius 1 is 0.470 bits per heavy atom. The second-order valence-corrected chi connectivity index (χ2v) is 18.8. The van der Waals surface area contributed by atoms with E-state index >= 15 is 0 Å². The average molecular weight is 925 g/mol. The Hall–Kier alpha value is -5.25. The third-order valence-electron chi connectivity index (χ3n) is 9.21. The van der Waals surface area contributed by atoms with Gasteiger partial charge in [-0.05, 0) is 135 Å². The minimum atomic E-state index is -0.460. The van der Waals surface area contributed by atoms with Crippen LogP contribution in [-0.4, -0.2) is 142 Å². The van der Waals surface area contributed by atoms with Crippen molar-refractivity contribution in [3.63, 3.8) is 0 Å². The van der Waals surface area contributed by atoms with Crippen molar-refractivity contribution in [2.45, 2.75) is 98.4 Å². The monoisotopic (exact) mass is 925 g/mol. The van der Waals surface area contributed by atoms with Gasteiger partial charge in [-0.2, -0.15) is 0 Å². The van der Waals surface area contributed by atoms with Gasteiger partial charge in [-0.25, -0.2) is 14.4 Å². The molecule has 0 radical (unpaired) electrons. The first kappa shape index (κ1) is 58.8. The van der Waals surface area contributed by atoms with Gasteiger partial charge in [-0.1, -0.05) is 36.4 Å². The van der Waals surface area contributed by atoms with E-state index in [9.17, 15) is 14.4 Å². The van der Waals surface area contributed by atoms with Crippen LogP contribution in [0, 0.1) is 0 Å². The van der Waals surface area contributed by atoms with Gasteiger partial charge in [0.15, 0.2) is 0 Å². The molecule has 0 atom stereocenters. The van der Waals surface area contributed by atoms with E-state index in [4.69, 9.17) is 28.4 Å². The standard InChI is InChI=1S/C18H30N2O3.C17H28N2O3.C16H26N2O3/c1-18(2,3)23-17(21)20(5)12-11-15-7-9-16(10-8-15)19(4)13-14-22-6;1-17(2,3)22-16(20)18-11-10-14-6-8-15(9-7-14)19(4)12-13-21-5;1-16(2,3)21-15(19)18-10-9-13-5-7-14(8-6-13)17-11-12-20-4/h7-10H,11-14H2,1-6H3;6-9H,10-13H2,1-5H3,(H,18,20);5-8,17H,9-12H2,1-4H3,(H,18,19). The Labute approximate surface area is 397 Å². The molecule has 0 bridgehead atoms. The third-order valence-corrected chi connectivity index (χ3v) is 9.21. The maximum atomic E-state index is 11.9. The largest absolute Gasteiger partial charge is 0.444 e. The van der Waals surface area contributed by atoms with Crippen LogP contribution in [0.2, 0.25) is 0 Å². The highest BCUT2D eigenvalue weighted by molar-refractivity contribution is 5.68. The Bertz CT molecular complexity index is 1770. The number of amides is 3. The number of hydrogen-bond donors (Lipinski definition) is 3. The summed E-state index contributed by atoms with van der Waals surface area (Å²) in [5, 5.41) is 8.77. The molecule has 3 rings (SSSR count). The molecule has 0 unspecified atom stereocenters. The minimum Gasteiger partial charge on any atom is -0.444 e. The lowest BCUT2D eigenvalue weighted by Crippen LogP contribution is -2.35. The zero-order chi connectivity index (χ0) is 49.8. The first-order valence-electron chi connectivity index (χ1n) is 22.7. The van der Waals surface area contributed by atoms with Crippen LogP contribution in [0.1, 0.15) is 79.0 Å². The van der Waals surface area contributed by atoms with E-state index in [1.807, 2.05) is 101 Å². The summed E-state index contributed by atoms with van der Waals surface area (Å²) in [6.45, 7) is 23.1. The number of benzene rings is 3. The second kappa shape index (κ2) is 30.9. The fourth-order valence-electron chi connectivity index (χ4n) is 5.61. The highest BCUT2D eigenvalue weighted by Gasteiger charge is 2.20. The number of carbonyl (C=O) groups is 3. The topological polar surface area (TPSA) is 152 Å². The highest BCUT2D eigenvalue weighted by atomic mass is 16.6. The average Bonchev–Trinajstić information content (AvgIpc) is 3.23. The van der Waals surface area contributed by atoms with Crippen molar-refractivity contribution in [1.82, 2.24) is 15.5 Å². The molecule has 66 heavy (non-hydrogen) atoms. The molecule has 0 aromatic heterocycles. The molecular weight excluding hydrogens is 841 g/mol. The summed E-state index contributed by atoms with van der Waals surface area (Å²) < 4.78 is 30.9. The lowest BCUT2D eigenvalue weighted by Gasteiger charge is -2.24. The van der Waals surface area contributed by atoms with E-state index in [0.29, 0.717) is 39.5 Å². The van der Waals surface area contributed by atoms with Crippen LogP contribution in [0.3, 0.4) is 0 Å². The summed E-state index contributed by atoms with van der Waals surface area (Å²) in [4.78, 5) is 40.9. The number of ether oxygens (including phenoxy) is 6. The normalized spacial score (nSPS) is 11.1. The molecule has 372 valence electrons. The molecule has 0 heterocycles. The fraction of sp³-hybridized carbons (Fsp3) is 0.588. The van der Waals surface area contributed by atoms with Crippen LogP contribution >= 0.6 is 0 Å². The Morgan fingerprint density at radius 3 is 1.20 bits per heavy atom. The van der Waals surface area contributed by atoms with Gasteiger partial charge in [-0.3, -0.25) is 0 Å². The summed E-state index contributed by atoms with van der Waals surface area (Å²) >= 11 is 0. The van der Waals surface area contributed by atoms with Crippen molar-refractivity contribution in [2.75, 3.05) is 117 Å². The second-order valence-electron chi connectivity index (χ2n) is 18.8. The molecule has 15 heteroatoms. The Morgan fingerprint density at radius 2 is 0.833 bits per heavy atom. The summed E-state index contributed by atoms with van der Waals surface area (Å²) in [7, 11) is 10.9. The van der Waals surface area contributed by atoms with Crippen molar-refractivity contribution in [3.05, 3.63) is 89.5 Å². The first-order chi connectivity index (χ1) is 30.9. The molecule has 3 N–H and O–H groups in total. The third kappa shape index (κ3) is 29.3. The molecule has 0 aliphatic rings. The molecule has 0 fully saturated rings. The number of carbonyl (C=O) groups excluding carboxylic acids is 3. The Balaban J connectivity index is 0.000000496. The van der Waals surface area contributed by atoms with Crippen molar-refractivity contribution in [1.29, 1.82) is 0 Å². The molecule has 0 aliphatic heterocycles.